The first-order valence-electron chi connectivity index (χ1n) is 8.75. The van der Waals surface area contributed by atoms with E-state index in [2.05, 4.69) is 10.6 Å². The Balaban J connectivity index is 0.00000225. The number of hydrogen-bond donors (Lipinski definition) is 2. The number of carbonyl (C=O) groups excluding carboxylic acids is 2. The number of likely N-dealkylation sites (tertiary alicyclic amines) is 1. The molecule has 0 bridgehead atoms. The molecule has 0 aromatic heterocycles. The molecule has 1 aromatic carbocycles. The highest BCUT2D eigenvalue weighted by Gasteiger charge is 2.25. The van der Waals surface area contributed by atoms with Crippen LogP contribution < -0.4 is 10.6 Å². The summed E-state index contributed by atoms with van der Waals surface area (Å²) in [7, 11) is 0. The van der Waals surface area contributed by atoms with Crippen LogP contribution in [0.15, 0.2) is 18.2 Å². The van der Waals surface area contributed by atoms with Gasteiger partial charge >= 0.3 is 0 Å². The molecule has 2 aliphatic rings. The molecule has 7 heteroatoms. The Kier molecular flexibility index (Phi) is 7.54. The van der Waals surface area contributed by atoms with E-state index in [1.54, 1.807) is 18.2 Å². The lowest BCUT2D eigenvalue weighted by Gasteiger charge is -2.28. The molecule has 2 amide bonds. The van der Waals surface area contributed by atoms with Gasteiger partial charge in [-0.3, -0.25) is 9.59 Å². The predicted octanol–water partition coefficient (Wildman–Crippen LogP) is 3.33. The van der Waals surface area contributed by atoms with Gasteiger partial charge in [-0.05, 0) is 56.8 Å². The number of amides is 2. The molecule has 0 saturated carbocycles. The minimum Gasteiger partial charge on any atom is -0.339 e. The number of benzene rings is 1. The second-order valence-electron chi connectivity index (χ2n) is 6.58. The zero-order valence-corrected chi connectivity index (χ0v) is 15.8. The van der Waals surface area contributed by atoms with Crippen LogP contribution >= 0.6 is 24.0 Å². The van der Waals surface area contributed by atoms with Gasteiger partial charge in [0.25, 0.3) is 5.91 Å². The van der Waals surface area contributed by atoms with Crippen LogP contribution in [0.2, 0.25) is 5.02 Å². The number of nitrogens with one attached hydrogen (secondary N) is 2. The van der Waals surface area contributed by atoms with Crippen molar-refractivity contribution in [3.8, 4) is 0 Å². The van der Waals surface area contributed by atoms with Crippen LogP contribution in [0.3, 0.4) is 0 Å². The summed E-state index contributed by atoms with van der Waals surface area (Å²) >= 11 is 6.09. The van der Waals surface area contributed by atoms with Gasteiger partial charge in [0.1, 0.15) is 0 Å². The van der Waals surface area contributed by atoms with E-state index < -0.39 is 0 Å². The summed E-state index contributed by atoms with van der Waals surface area (Å²) in [6.07, 6.45) is 5.11. The third-order valence-corrected chi connectivity index (χ3v) is 5.02. The maximum atomic E-state index is 12.8. The summed E-state index contributed by atoms with van der Waals surface area (Å²) in [5, 5.41) is 6.69. The van der Waals surface area contributed by atoms with Gasteiger partial charge in [-0.1, -0.05) is 11.6 Å². The van der Waals surface area contributed by atoms with Gasteiger partial charge in [-0.15, -0.1) is 12.4 Å². The fourth-order valence-corrected chi connectivity index (χ4v) is 3.56. The minimum absolute atomic E-state index is 0. The van der Waals surface area contributed by atoms with Crippen molar-refractivity contribution >= 4 is 41.5 Å². The molecule has 2 aliphatic heterocycles. The van der Waals surface area contributed by atoms with Crippen molar-refractivity contribution in [2.45, 2.75) is 32.1 Å². The van der Waals surface area contributed by atoms with E-state index in [0.29, 0.717) is 22.8 Å². The van der Waals surface area contributed by atoms with Crippen LogP contribution in [0.4, 0.5) is 5.69 Å². The third-order valence-electron chi connectivity index (χ3n) is 4.78. The highest BCUT2D eigenvalue weighted by atomic mass is 35.5. The van der Waals surface area contributed by atoms with E-state index in [1.165, 1.54) is 6.42 Å². The molecule has 2 heterocycles. The normalized spacial score (nSPS) is 20.5. The quantitative estimate of drug-likeness (QED) is 0.838. The Labute approximate surface area is 159 Å². The van der Waals surface area contributed by atoms with Gasteiger partial charge in [0, 0.05) is 24.7 Å². The van der Waals surface area contributed by atoms with Gasteiger partial charge in [-0.2, -0.15) is 0 Å². The molecular formula is C18H25Cl2N3O2. The lowest BCUT2D eigenvalue weighted by Crippen LogP contribution is -2.38. The van der Waals surface area contributed by atoms with Crippen LogP contribution in [0.25, 0.3) is 0 Å². The van der Waals surface area contributed by atoms with Crippen molar-refractivity contribution in [3.05, 3.63) is 28.8 Å². The van der Waals surface area contributed by atoms with Crippen molar-refractivity contribution in [1.82, 2.24) is 10.2 Å². The first-order chi connectivity index (χ1) is 11.6. The molecule has 25 heavy (non-hydrogen) atoms. The van der Waals surface area contributed by atoms with Crippen LogP contribution in [-0.2, 0) is 4.79 Å². The van der Waals surface area contributed by atoms with Crippen molar-refractivity contribution < 1.29 is 9.59 Å². The van der Waals surface area contributed by atoms with E-state index in [0.717, 1.165) is 45.3 Å². The van der Waals surface area contributed by atoms with E-state index in [4.69, 9.17) is 11.6 Å². The fourth-order valence-electron chi connectivity index (χ4n) is 3.38. The number of anilines is 1. The molecule has 1 unspecified atom stereocenters. The Morgan fingerprint density at radius 1 is 1.16 bits per heavy atom. The Hall–Kier alpha value is -1.30. The number of halogens is 2. The van der Waals surface area contributed by atoms with E-state index in [-0.39, 0.29) is 30.1 Å². The SMILES string of the molecule is Cl.O=C(Nc1cc(Cl)ccc1C(=O)N1CCCCC1)C1CCCNC1. The molecule has 0 aliphatic carbocycles. The van der Waals surface area contributed by atoms with Crippen LogP contribution in [-0.4, -0.2) is 42.9 Å². The molecular weight excluding hydrogens is 361 g/mol. The topological polar surface area (TPSA) is 61.4 Å². The summed E-state index contributed by atoms with van der Waals surface area (Å²) in [5.41, 5.74) is 1.05. The van der Waals surface area contributed by atoms with Crippen molar-refractivity contribution in [1.29, 1.82) is 0 Å². The molecule has 5 nitrogen and oxygen atoms in total. The van der Waals surface area contributed by atoms with Gasteiger partial charge in [0.2, 0.25) is 5.91 Å². The lowest BCUT2D eigenvalue weighted by molar-refractivity contribution is -0.120. The molecule has 138 valence electrons. The highest BCUT2D eigenvalue weighted by Crippen LogP contribution is 2.25. The largest absolute Gasteiger partial charge is 0.339 e. The van der Waals surface area contributed by atoms with Gasteiger partial charge in [-0.25, -0.2) is 0 Å². The van der Waals surface area contributed by atoms with Crippen LogP contribution in [0, 0.1) is 5.92 Å². The zero-order chi connectivity index (χ0) is 16.9. The first kappa shape index (κ1) is 20.0. The Morgan fingerprint density at radius 3 is 2.60 bits per heavy atom. The molecule has 0 radical (unpaired) electrons. The third kappa shape index (κ3) is 5.09. The first-order valence-corrected chi connectivity index (χ1v) is 9.13. The molecule has 3 rings (SSSR count). The number of nitrogens with zero attached hydrogens (tertiary/aromatic N) is 1. The summed E-state index contributed by atoms with van der Waals surface area (Å²) in [5.74, 6) is -0.128. The van der Waals surface area contributed by atoms with Crippen molar-refractivity contribution in [2.24, 2.45) is 5.92 Å². The van der Waals surface area contributed by atoms with Crippen molar-refractivity contribution in [2.75, 3.05) is 31.5 Å². The Bertz CT molecular complexity index is 612. The number of rotatable bonds is 3. The molecule has 2 N–H and O–H groups in total. The Morgan fingerprint density at radius 2 is 1.92 bits per heavy atom. The van der Waals surface area contributed by atoms with Crippen LogP contribution in [0.1, 0.15) is 42.5 Å². The van der Waals surface area contributed by atoms with Gasteiger partial charge in [0.05, 0.1) is 17.2 Å². The summed E-state index contributed by atoms with van der Waals surface area (Å²) < 4.78 is 0. The smallest absolute Gasteiger partial charge is 0.255 e. The van der Waals surface area contributed by atoms with E-state index >= 15 is 0 Å². The maximum absolute atomic E-state index is 12.8. The predicted molar refractivity (Wildman–Crippen MR) is 103 cm³/mol. The van der Waals surface area contributed by atoms with Crippen molar-refractivity contribution in [3.63, 3.8) is 0 Å². The molecule has 2 fully saturated rings. The van der Waals surface area contributed by atoms with Crippen LogP contribution in [0.5, 0.6) is 0 Å². The number of hydrogen-bond acceptors (Lipinski definition) is 3. The average Bonchev–Trinajstić information content (AvgIpc) is 2.63. The average molecular weight is 386 g/mol. The summed E-state index contributed by atoms with van der Waals surface area (Å²) in [6, 6.07) is 5.09. The van der Waals surface area contributed by atoms with E-state index in [9.17, 15) is 9.59 Å². The monoisotopic (exact) mass is 385 g/mol. The second kappa shape index (κ2) is 9.41. The minimum atomic E-state index is -0.0596. The van der Waals surface area contributed by atoms with Gasteiger partial charge in [0.15, 0.2) is 0 Å². The molecule has 1 aromatic rings. The molecule has 2 saturated heterocycles. The summed E-state index contributed by atoms with van der Waals surface area (Å²) in [6.45, 7) is 3.20. The maximum Gasteiger partial charge on any atom is 0.255 e. The standard InChI is InChI=1S/C18H24ClN3O2.ClH/c19-14-6-7-15(18(24)22-9-2-1-3-10-22)16(11-14)21-17(23)13-5-4-8-20-12-13;/h6-7,11,13,20H,1-5,8-10,12H2,(H,21,23);1H. The zero-order valence-electron chi connectivity index (χ0n) is 14.2. The summed E-state index contributed by atoms with van der Waals surface area (Å²) in [4.78, 5) is 27.2. The lowest BCUT2D eigenvalue weighted by atomic mass is 9.98. The fraction of sp³-hybridized carbons (Fsp3) is 0.556. The van der Waals surface area contributed by atoms with Gasteiger partial charge < -0.3 is 15.5 Å². The van der Waals surface area contributed by atoms with E-state index in [1.807, 2.05) is 4.90 Å². The molecule has 1 atom stereocenters. The highest BCUT2D eigenvalue weighted by molar-refractivity contribution is 6.31. The number of carbonyl (C=O) groups is 2. The molecule has 0 spiro atoms. The number of piperidine rings is 2. The second-order valence-corrected chi connectivity index (χ2v) is 7.01.